The quantitative estimate of drug-likeness (QED) is 0.326. The molecule has 1 atom stereocenters. The van der Waals surface area contributed by atoms with E-state index in [9.17, 15) is 0 Å². The van der Waals surface area contributed by atoms with E-state index in [1.54, 1.807) is 0 Å². The first-order chi connectivity index (χ1) is 16.3. The van der Waals surface area contributed by atoms with Crippen LogP contribution in [0.25, 0.3) is 22.2 Å². The number of hydrogen-bond acceptors (Lipinski definition) is 3. The minimum absolute atomic E-state index is 0.292. The van der Waals surface area contributed by atoms with Crippen LogP contribution in [-0.4, -0.2) is 19.5 Å². The van der Waals surface area contributed by atoms with Crippen LogP contribution in [0.3, 0.4) is 0 Å². The highest BCUT2D eigenvalue weighted by atomic mass is 35.5. The number of aromatic nitrogens is 4. The van der Waals surface area contributed by atoms with Gasteiger partial charge in [0.25, 0.3) is 0 Å². The third-order valence-corrected chi connectivity index (χ3v) is 6.71. The van der Waals surface area contributed by atoms with Gasteiger partial charge >= 0.3 is 0 Å². The Bertz CT molecular complexity index is 1420. The van der Waals surface area contributed by atoms with Gasteiger partial charge in [-0.1, -0.05) is 48.0 Å². The molecule has 0 saturated carbocycles. The number of pyridine rings is 1. The number of halogens is 1. The summed E-state index contributed by atoms with van der Waals surface area (Å²) in [6.45, 7) is 0.437. The second kappa shape index (κ2) is 8.41. The summed E-state index contributed by atoms with van der Waals surface area (Å²) in [6.07, 6.45) is 11.2. The molecule has 3 heterocycles. The van der Waals surface area contributed by atoms with Gasteiger partial charge in [-0.05, 0) is 48.1 Å². The summed E-state index contributed by atoms with van der Waals surface area (Å²) in [5.74, 6) is 0.590. The number of rotatable bonds is 5. The zero-order valence-electron chi connectivity index (χ0n) is 18.0. The molecule has 5 aromatic rings. The summed E-state index contributed by atoms with van der Waals surface area (Å²) in [5, 5.41) is 1.79. The molecule has 1 aliphatic carbocycles. The van der Waals surface area contributed by atoms with E-state index in [2.05, 4.69) is 43.8 Å². The molecule has 0 radical (unpaired) electrons. The van der Waals surface area contributed by atoms with Crippen LogP contribution >= 0.6 is 11.6 Å². The number of aromatic amines is 1. The van der Waals surface area contributed by atoms with Gasteiger partial charge in [-0.3, -0.25) is 0 Å². The standard InChI is InChI=1S/C27H23ClN4O/c28-20-10-8-18(9-11-20)16-33-27-12-22-23(13-30-24(22)14-31-27)26-15-29-17-32(26)25-7-3-5-19-4-1-2-6-21(19)25/h1-2,4,6,8-15,17,25,30H,3,5,7,16H2. The minimum Gasteiger partial charge on any atom is -0.473 e. The summed E-state index contributed by atoms with van der Waals surface area (Å²) < 4.78 is 8.30. The van der Waals surface area contributed by atoms with Crippen LogP contribution in [0.5, 0.6) is 5.88 Å². The number of nitrogens with zero attached hydrogens (tertiary/aromatic N) is 3. The molecule has 0 saturated heterocycles. The van der Waals surface area contributed by atoms with Crippen LogP contribution in [-0.2, 0) is 13.0 Å². The normalized spacial score (nSPS) is 15.5. The Morgan fingerprint density at radius 3 is 2.88 bits per heavy atom. The molecular weight excluding hydrogens is 432 g/mol. The predicted molar refractivity (Wildman–Crippen MR) is 131 cm³/mol. The van der Waals surface area contributed by atoms with Crippen LogP contribution in [0.1, 0.15) is 35.6 Å². The van der Waals surface area contributed by atoms with Gasteiger partial charge in [0, 0.05) is 28.2 Å². The Kier molecular flexibility index (Phi) is 5.11. The van der Waals surface area contributed by atoms with Gasteiger partial charge in [0.05, 0.1) is 36.0 Å². The summed E-state index contributed by atoms with van der Waals surface area (Å²) in [7, 11) is 0. The molecule has 3 aromatic heterocycles. The number of hydrogen-bond donors (Lipinski definition) is 1. The number of benzene rings is 2. The van der Waals surface area contributed by atoms with Crippen molar-refractivity contribution < 1.29 is 4.74 Å². The highest BCUT2D eigenvalue weighted by molar-refractivity contribution is 6.30. The molecule has 6 heteroatoms. The molecule has 0 spiro atoms. The van der Waals surface area contributed by atoms with Crippen LogP contribution in [0.4, 0.5) is 0 Å². The summed E-state index contributed by atoms with van der Waals surface area (Å²) >= 11 is 5.98. The number of imidazole rings is 1. The summed E-state index contributed by atoms with van der Waals surface area (Å²) in [4.78, 5) is 12.4. The molecule has 0 fully saturated rings. The fourth-order valence-electron chi connectivity index (χ4n) is 4.81. The van der Waals surface area contributed by atoms with E-state index >= 15 is 0 Å². The second-order valence-corrected chi connectivity index (χ2v) is 8.92. The second-order valence-electron chi connectivity index (χ2n) is 8.48. The van der Waals surface area contributed by atoms with Crippen molar-refractivity contribution >= 4 is 22.5 Å². The molecule has 1 aliphatic rings. The van der Waals surface area contributed by atoms with Crippen molar-refractivity contribution in [2.75, 3.05) is 0 Å². The lowest BCUT2D eigenvalue weighted by atomic mass is 9.87. The summed E-state index contributed by atoms with van der Waals surface area (Å²) in [5.41, 5.74) is 7.05. The Morgan fingerprint density at radius 2 is 1.97 bits per heavy atom. The van der Waals surface area contributed by atoms with Crippen LogP contribution in [0, 0.1) is 0 Å². The topological polar surface area (TPSA) is 55.7 Å². The molecule has 164 valence electrons. The average Bonchev–Trinajstić information content (AvgIpc) is 3.50. The molecule has 1 N–H and O–H groups in total. The van der Waals surface area contributed by atoms with Gasteiger partial charge in [-0.2, -0.15) is 0 Å². The van der Waals surface area contributed by atoms with E-state index < -0.39 is 0 Å². The number of fused-ring (bicyclic) bond motifs is 2. The molecule has 2 aromatic carbocycles. The first-order valence-electron chi connectivity index (χ1n) is 11.2. The van der Waals surface area contributed by atoms with E-state index in [4.69, 9.17) is 16.3 Å². The van der Waals surface area contributed by atoms with Crippen LogP contribution < -0.4 is 4.74 Å². The molecule has 0 amide bonds. The zero-order valence-corrected chi connectivity index (χ0v) is 18.8. The number of ether oxygens (including phenoxy) is 1. The molecule has 0 aliphatic heterocycles. The third-order valence-electron chi connectivity index (χ3n) is 6.46. The van der Waals surface area contributed by atoms with Crippen molar-refractivity contribution in [2.45, 2.75) is 31.9 Å². The van der Waals surface area contributed by atoms with E-state index in [0.29, 0.717) is 23.6 Å². The van der Waals surface area contributed by atoms with Crippen molar-refractivity contribution in [3.63, 3.8) is 0 Å². The number of aryl methyl sites for hydroxylation is 1. The Hall–Kier alpha value is -3.57. The zero-order chi connectivity index (χ0) is 22.2. The van der Waals surface area contributed by atoms with Crippen LogP contribution in [0.15, 0.2) is 79.5 Å². The Balaban J connectivity index is 1.34. The fourth-order valence-corrected chi connectivity index (χ4v) is 4.94. The van der Waals surface area contributed by atoms with E-state index in [1.165, 1.54) is 17.5 Å². The molecule has 5 nitrogen and oxygen atoms in total. The lowest BCUT2D eigenvalue weighted by Crippen LogP contribution is -2.17. The highest BCUT2D eigenvalue weighted by Gasteiger charge is 2.24. The van der Waals surface area contributed by atoms with E-state index in [1.807, 2.05) is 55.2 Å². The van der Waals surface area contributed by atoms with Crippen molar-refractivity contribution in [1.82, 2.24) is 19.5 Å². The van der Waals surface area contributed by atoms with Gasteiger partial charge in [-0.25, -0.2) is 9.97 Å². The largest absolute Gasteiger partial charge is 0.473 e. The Labute approximate surface area is 197 Å². The SMILES string of the molecule is Clc1ccc(COc2cc3c(-c4cncn4C4CCCc5ccccc54)c[nH]c3cn2)cc1. The fraction of sp³-hybridized carbons (Fsp3) is 0.185. The van der Waals surface area contributed by atoms with Crippen molar-refractivity contribution in [3.8, 4) is 17.1 Å². The van der Waals surface area contributed by atoms with Crippen molar-refractivity contribution in [1.29, 1.82) is 0 Å². The van der Waals surface area contributed by atoms with Gasteiger partial charge in [0.1, 0.15) is 6.61 Å². The maximum absolute atomic E-state index is 5.98. The van der Waals surface area contributed by atoms with E-state index in [0.717, 1.165) is 40.6 Å². The maximum atomic E-state index is 5.98. The van der Waals surface area contributed by atoms with Gasteiger partial charge in [0.15, 0.2) is 0 Å². The third kappa shape index (κ3) is 3.79. The first-order valence-corrected chi connectivity index (χ1v) is 11.6. The lowest BCUT2D eigenvalue weighted by Gasteiger charge is -2.28. The smallest absolute Gasteiger partial charge is 0.214 e. The lowest BCUT2D eigenvalue weighted by molar-refractivity contribution is 0.294. The first kappa shape index (κ1) is 20.1. The van der Waals surface area contributed by atoms with Gasteiger partial charge in [0.2, 0.25) is 5.88 Å². The van der Waals surface area contributed by atoms with Gasteiger partial charge < -0.3 is 14.3 Å². The van der Waals surface area contributed by atoms with Gasteiger partial charge in [-0.15, -0.1) is 0 Å². The summed E-state index contributed by atoms with van der Waals surface area (Å²) in [6, 6.07) is 18.7. The van der Waals surface area contributed by atoms with Crippen LogP contribution in [0.2, 0.25) is 5.02 Å². The number of nitrogens with one attached hydrogen (secondary N) is 1. The van der Waals surface area contributed by atoms with E-state index in [-0.39, 0.29) is 0 Å². The average molecular weight is 455 g/mol. The van der Waals surface area contributed by atoms with Crippen molar-refractivity contribution in [3.05, 3.63) is 101 Å². The molecule has 33 heavy (non-hydrogen) atoms. The molecule has 1 unspecified atom stereocenters. The Morgan fingerprint density at radius 1 is 1.09 bits per heavy atom. The molecular formula is C27H23ClN4O. The predicted octanol–water partition coefficient (Wildman–Crippen LogP) is 6.58. The molecule has 0 bridgehead atoms. The van der Waals surface area contributed by atoms with Crippen molar-refractivity contribution in [2.24, 2.45) is 0 Å². The highest BCUT2D eigenvalue weighted by Crippen LogP contribution is 2.37. The molecule has 6 rings (SSSR count). The monoisotopic (exact) mass is 454 g/mol. The maximum Gasteiger partial charge on any atom is 0.214 e. The minimum atomic E-state index is 0.292. The number of H-pyrrole nitrogens is 1.